The summed E-state index contributed by atoms with van der Waals surface area (Å²) < 4.78 is 17.0. The first-order chi connectivity index (χ1) is 12.8. The number of amides is 1. The van der Waals surface area contributed by atoms with Crippen LogP contribution in [-0.4, -0.2) is 42.5 Å². The summed E-state index contributed by atoms with van der Waals surface area (Å²) in [7, 11) is 4.87. The van der Waals surface area contributed by atoms with Gasteiger partial charge in [0.2, 0.25) is 0 Å². The number of ether oxygens (including phenoxy) is 3. The molecule has 8 nitrogen and oxygen atoms in total. The minimum Gasteiger partial charge on any atom is -0.497 e. The minimum absolute atomic E-state index is 0.390. The van der Waals surface area contributed by atoms with E-state index in [9.17, 15) is 9.59 Å². The van der Waals surface area contributed by atoms with Crippen LogP contribution in [-0.2, 0) is 21.4 Å². The Labute approximate surface area is 157 Å². The quantitative estimate of drug-likeness (QED) is 0.591. The number of carbonyl (C=O) groups is 2. The second-order valence-electron chi connectivity index (χ2n) is 5.80. The van der Waals surface area contributed by atoms with Crippen LogP contribution >= 0.6 is 0 Å². The van der Waals surface area contributed by atoms with Crippen molar-refractivity contribution < 1.29 is 23.8 Å². The summed E-state index contributed by atoms with van der Waals surface area (Å²) in [5.41, 5.74) is 2.84. The van der Waals surface area contributed by atoms with E-state index in [-0.39, 0.29) is 0 Å². The van der Waals surface area contributed by atoms with Crippen molar-refractivity contribution >= 4 is 23.6 Å². The second-order valence-corrected chi connectivity index (χ2v) is 5.80. The fourth-order valence-corrected chi connectivity index (χ4v) is 2.40. The fraction of sp³-hybridized carbons (Fsp3) is 0.316. The second kappa shape index (κ2) is 8.88. The van der Waals surface area contributed by atoms with Gasteiger partial charge in [0.15, 0.2) is 6.61 Å². The number of rotatable bonds is 7. The zero-order chi connectivity index (χ0) is 20.0. The summed E-state index contributed by atoms with van der Waals surface area (Å²) in [6.45, 7) is 3.24. The molecule has 0 saturated heterocycles. The largest absolute Gasteiger partial charge is 0.497 e. The van der Waals surface area contributed by atoms with Crippen LogP contribution in [0.25, 0.3) is 6.08 Å². The van der Waals surface area contributed by atoms with Gasteiger partial charge in [0.25, 0.3) is 5.91 Å². The summed E-state index contributed by atoms with van der Waals surface area (Å²) in [5, 5.41) is 6.91. The molecule has 0 unspecified atom stereocenters. The predicted molar refractivity (Wildman–Crippen MR) is 101 cm³/mol. The van der Waals surface area contributed by atoms with Crippen molar-refractivity contribution in [3.05, 3.63) is 41.2 Å². The van der Waals surface area contributed by atoms with E-state index in [4.69, 9.17) is 14.2 Å². The maximum Gasteiger partial charge on any atom is 0.331 e. The van der Waals surface area contributed by atoms with E-state index in [1.165, 1.54) is 6.08 Å². The summed E-state index contributed by atoms with van der Waals surface area (Å²) in [5.74, 6) is 0.137. The van der Waals surface area contributed by atoms with E-state index < -0.39 is 18.5 Å². The van der Waals surface area contributed by atoms with E-state index in [2.05, 4.69) is 10.4 Å². The van der Waals surface area contributed by atoms with Crippen LogP contribution in [0, 0.1) is 13.8 Å². The Kier molecular flexibility index (Phi) is 6.59. The number of nitrogens with zero attached hydrogens (tertiary/aromatic N) is 2. The van der Waals surface area contributed by atoms with E-state index in [0.29, 0.717) is 28.4 Å². The molecule has 0 fully saturated rings. The topological polar surface area (TPSA) is 91.7 Å². The number of nitrogens with one attached hydrogen (secondary N) is 1. The maximum atomic E-state index is 12.0. The summed E-state index contributed by atoms with van der Waals surface area (Å²) in [4.78, 5) is 23.8. The Hall–Kier alpha value is -3.29. The van der Waals surface area contributed by atoms with Gasteiger partial charge in [-0.2, -0.15) is 5.10 Å². The summed E-state index contributed by atoms with van der Waals surface area (Å²) >= 11 is 0. The lowest BCUT2D eigenvalue weighted by molar-refractivity contribution is -0.142. The Morgan fingerprint density at radius 3 is 2.30 bits per heavy atom. The lowest BCUT2D eigenvalue weighted by Gasteiger charge is -2.06. The van der Waals surface area contributed by atoms with Crippen molar-refractivity contribution in [3.63, 3.8) is 0 Å². The third-order valence-corrected chi connectivity index (χ3v) is 3.90. The average molecular weight is 373 g/mol. The molecule has 0 bridgehead atoms. The minimum atomic E-state index is -0.633. The van der Waals surface area contributed by atoms with E-state index >= 15 is 0 Å². The van der Waals surface area contributed by atoms with Crippen LogP contribution in [0.5, 0.6) is 11.5 Å². The third-order valence-electron chi connectivity index (χ3n) is 3.90. The van der Waals surface area contributed by atoms with Crippen LogP contribution in [0.1, 0.15) is 17.0 Å². The molecule has 1 amide bonds. The molecule has 2 rings (SSSR count). The smallest absolute Gasteiger partial charge is 0.331 e. The Morgan fingerprint density at radius 2 is 1.78 bits per heavy atom. The monoisotopic (exact) mass is 373 g/mol. The van der Waals surface area contributed by atoms with Gasteiger partial charge in [-0.1, -0.05) is 0 Å². The number of hydrogen-bond donors (Lipinski definition) is 1. The molecular formula is C19H23N3O5. The number of anilines is 1. The highest BCUT2D eigenvalue weighted by Crippen LogP contribution is 2.23. The highest BCUT2D eigenvalue weighted by molar-refractivity contribution is 5.95. The van der Waals surface area contributed by atoms with E-state index in [1.807, 2.05) is 6.92 Å². The first-order valence-corrected chi connectivity index (χ1v) is 8.22. The number of benzene rings is 1. The van der Waals surface area contributed by atoms with Crippen molar-refractivity contribution in [2.75, 3.05) is 26.1 Å². The molecule has 0 atom stereocenters. The van der Waals surface area contributed by atoms with Gasteiger partial charge in [-0.25, -0.2) is 4.79 Å². The first-order valence-electron chi connectivity index (χ1n) is 8.22. The number of aromatic nitrogens is 2. The van der Waals surface area contributed by atoms with Gasteiger partial charge in [-0.3, -0.25) is 9.48 Å². The summed E-state index contributed by atoms with van der Waals surface area (Å²) in [6.07, 6.45) is 2.79. The van der Waals surface area contributed by atoms with Crippen molar-refractivity contribution in [1.82, 2.24) is 9.78 Å². The van der Waals surface area contributed by atoms with E-state index in [0.717, 1.165) is 5.69 Å². The normalized spacial score (nSPS) is 10.7. The van der Waals surface area contributed by atoms with Gasteiger partial charge in [0, 0.05) is 19.2 Å². The molecule has 1 N–H and O–H groups in total. The first kappa shape index (κ1) is 20.0. The molecule has 144 valence electrons. The molecule has 27 heavy (non-hydrogen) atoms. The molecule has 0 spiro atoms. The molecule has 0 radical (unpaired) electrons. The fourth-order valence-electron chi connectivity index (χ4n) is 2.40. The van der Waals surface area contributed by atoms with Crippen LogP contribution < -0.4 is 14.8 Å². The number of esters is 1. The zero-order valence-corrected chi connectivity index (χ0v) is 16.0. The Bertz CT molecular complexity index is 848. The average Bonchev–Trinajstić information content (AvgIpc) is 2.90. The van der Waals surface area contributed by atoms with Crippen molar-refractivity contribution in [3.8, 4) is 11.5 Å². The van der Waals surface area contributed by atoms with Crippen molar-refractivity contribution in [2.45, 2.75) is 13.8 Å². The van der Waals surface area contributed by atoms with E-state index in [1.54, 1.807) is 57.1 Å². The number of carbonyl (C=O) groups excluding carboxylic acids is 2. The maximum absolute atomic E-state index is 12.0. The predicted octanol–water partition coefficient (Wildman–Crippen LogP) is 2.25. The molecule has 8 heteroatoms. The molecule has 0 saturated carbocycles. The van der Waals surface area contributed by atoms with Gasteiger partial charge >= 0.3 is 5.97 Å². The number of methoxy groups -OCH3 is 2. The Morgan fingerprint density at radius 1 is 1.15 bits per heavy atom. The molecule has 0 aliphatic rings. The molecular weight excluding hydrogens is 350 g/mol. The third kappa shape index (κ3) is 5.34. The van der Waals surface area contributed by atoms with Crippen LogP contribution in [0.4, 0.5) is 5.69 Å². The Balaban J connectivity index is 1.92. The lowest BCUT2D eigenvalue weighted by Crippen LogP contribution is -2.20. The van der Waals surface area contributed by atoms with Crippen LogP contribution in [0.2, 0.25) is 0 Å². The van der Waals surface area contributed by atoms with Crippen molar-refractivity contribution in [1.29, 1.82) is 0 Å². The molecule has 0 aliphatic heterocycles. The standard InChI is InChI=1S/C19H23N3O5/c1-12-19(13(2)22(3)21-12)20-17(23)11-27-18(24)7-6-14-8-15(25-4)10-16(9-14)26-5/h6-10H,11H2,1-5H3,(H,20,23)/b7-6+. The highest BCUT2D eigenvalue weighted by Gasteiger charge is 2.13. The van der Waals surface area contributed by atoms with Gasteiger partial charge in [-0.15, -0.1) is 0 Å². The molecule has 1 aromatic heterocycles. The van der Waals surface area contributed by atoms with Gasteiger partial charge in [0.05, 0.1) is 31.3 Å². The highest BCUT2D eigenvalue weighted by atomic mass is 16.5. The van der Waals surface area contributed by atoms with Gasteiger partial charge < -0.3 is 19.5 Å². The van der Waals surface area contributed by atoms with Crippen molar-refractivity contribution in [2.24, 2.45) is 7.05 Å². The van der Waals surface area contributed by atoms with Crippen LogP contribution in [0.3, 0.4) is 0 Å². The zero-order valence-electron chi connectivity index (χ0n) is 16.0. The molecule has 1 heterocycles. The summed E-state index contributed by atoms with van der Waals surface area (Å²) in [6, 6.07) is 5.21. The molecule has 1 aromatic carbocycles. The number of aryl methyl sites for hydroxylation is 2. The van der Waals surface area contributed by atoms with Gasteiger partial charge in [0.1, 0.15) is 11.5 Å². The lowest BCUT2D eigenvalue weighted by atomic mass is 10.2. The van der Waals surface area contributed by atoms with Crippen LogP contribution in [0.15, 0.2) is 24.3 Å². The number of hydrogen-bond acceptors (Lipinski definition) is 6. The molecule has 0 aliphatic carbocycles. The van der Waals surface area contributed by atoms with Gasteiger partial charge in [-0.05, 0) is 37.6 Å². The molecule has 2 aromatic rings. The SMILES string of the molecule is COc1cc(/C=C/C(=O)OCC(=O)Nc2c(C)nn(C)c2C)cc(OC)c1.